The quantitative estimate of drug-likeness (QED) is 0.468. The SMILES string of the molecule is CC(C(=O)NC(C)(C)C)N(Cc1cccc(Cl)c1)C(=O)CSCc1ccc(Cl)c(Cl)c1. The van der Waals surface area contributed by atoms with Crippen molar-refractivity contribution < 1.29 is 9.59 Å². The monoisotopic (exact) mass is 500 g/mol. The molecule has 1 unspecified atom stereocenters. The molecular weight excluding hydrogens is 475 g/mol. The van der Waals surface area contributed by atoms with E-state index in [9.17, 15) is 9.59 Å². The van der Waals surface area contributed by atoms with Gasteiger partial charge in [-0.15, -0.1) is 11.8 Å². The smallest absolute Gasteiger partial charge is 0.242 e. The Morgan fingerprint density at radius 1 is 1.03 bits per heavy atom. The first-order valence-corrected chi connectivity index (χ1v) is 12.1. The summed E-state index contributed by atoms with van der Waals surface area (Å²) in [5.41, 5.74) is 1.46. The second kappa shape index (κ2) is 11.5. The van der Waals surface area contributed by atoms with E-state index in [2.05, 4.69) is 5.32 Å². The van der Waals surface area contributed by atoms with Gasteiger partial charge < -0.3 is 10.2 Å². The highest BCUT2D eigenvalue weighted by Crippen LogP contribution is 2.25. The van der Waals surface area contributed by atoms with Crippen LogP contribution in [0, 0.1) is 0 Å². The molecule has 0 heterocycles. The fourth-order valence-electron chi connectivity index (χ4n) is 2.86. The van der Waals surface area contributed by atoms with Gasteiger partial charge in [0.15, 0.2) is 0 Å². The van der Waals surface area contributed by atoms with Crippen molar-refractivity contribution in [1.29, 1.82) is 0 Å². The van der Waals surface area contributed by atoms with Crippen LogP contribution in [0.25, 0.3) is 0 Å². The van der Waals surface area contributed by atoms with Crippen molar-refractivity contribution in [1.82, 2.24) is 10.2 Å². The first-order valence-electron chi connectivity index (χ1n) is 9.84. The van der Waals surface area contributed by atoms with Gasteiger partial charge in [-0.2, -0.15) is 0 Å². The van der Waals surface area contributed by atoms with Crippen LogP contribution >= 0.6 is 46.6 Å². The van der Waals surface area contributed by atoms with Gasteiger partial charge in [0.1, 0.15) is 6.04 Å². The molecule has 4 nitrogen and oxygen atoms in total. The van der Waals surface area contributed by atoms with Gasteiger partial charge in [0.2, 0.25) is 11.8 Å². The number of carbonyl (C=O) groups is 2. The zero-order valence-corrected chi connectivity index (χ0v) is 21.1. The summed E-state index contributed by atoms with van der Waals surface area (Å²) in [6.07, 6.45) is 0. The van der Waals surface area contributed by atoms with Gasteiger partial charge in [0.25, 0.3) is 0 Å². The van der Waals surface area contributed by atoms with Crippen LogP contribution in [-0.4, -0.2) is 34.0 Å². The maximum absolute atomic E-state index is 13.1. The van der Waals surface area contributed by atoms with Gasteiger partial charge in [-0.3, -0.25) is 9.59 Å². The predicted molar refractivity (Wildman–Crippen MR) is 132 cm³/mol. The molecule has 31 heavy (non-hydrogen) atoms. The van der Waals surface area contributed by atoms with Crippen molar-refractivity contribution in [3.8, 4) is 0 Å². The molecule has 0 saturated heterocycles. The number of rotatable bonds is 8. The molecule has 1 atom stereocenters. The molecule has 0 aliphatic heterocycles. The van der Waals surface area contributed by atoms with Crippen molar-refractivity contribution in [3.05, 3.63) is 68.7 Å². The molecule has 0 bridgehead atoms. The van der Waals surface area contributed by atoms with Gasteiger partial charge in [-0.25, -0.2) is 0 Å². The molecule has 0 fully saturated rings. The molecule has 0 aromatic heterocycles. The van der Waals surface area contributed by atoms with Gasteiger partial charge in [-0.1, -0.05) is 53.0 Å². The number of nitrogens with one attached hydrogen (secondary N) is 1. The summed E-state index contributed by atoms with van der Waals surface area (Å²) in [5, 5.41) is 4.53. The van der Waals surface area contributed by atoms with Crippen LogP contribution in [0.1, 0.15) is 38.8 Å². The number of nitrogens with zero attached hydrogens (tertiary/aromatic N) is 1. The van der Waals surface area contributed by atoms with Gasteiger partial charge >= 0.3 is 0 Å². The number of thioether (sulfide) groups is 1. The largest absolute Gasteiger partial charge is 0.350 e. The molecule has 2 aromatic carbocycles. The number of hydrogen-bond donors (Lipinski definition) is 1. The van der Waals surface area contributed by atoms with Crippen LogP contribution in [0.2, 0.25) is 15.1 Å². The summed E-state index contributed by atoms with van der Waals surface area (Å²) in [5.74, 6) is 0.517. The van der Waals surface area contributed by atoms with E-state index in [0.29, 0.717) is 27.4 Å². The van der Waals surface area contributed by atoms with Crippen LogP contribution in [0.3, 0.4) is 0 Å². The Labute approximate surface area is 203 Å². The van der Waals surface area contributed by atoms with Crippen molar-refractivity contribution >= 4 is 58.4 Å². The standard InChI is InChI=1S/C23H27Cl3N2O2S/c1-15(22(30)27-23(2,3)4)28(12-16-6-5-7-18(24)10-16)21(29)14-31-13-17-8-9-19(25)20(26)11-17/h5-11,15H,12-14H2,1-4H3,(H,27,30). The molecule has 168 valence electrons. The number of hydrogen-bond acceptors (Lipinski definition) is 3. The molecule has 0 spiro atoms. The third-order valence-electron chi connectivity index (χ3n) is 4.39. The van der Waals surface area contributed by atoms with E-state index in [1.165, 1.54) is 11.8 Å². The average molecular weight is 502 g/mol. The van der Waals surface area contributed by atoms with Crippen molar-refractivity contribution in [2.24, 2.45) is 0 Å². The highest BCUT2D eigenvalue weighted by molar-refractivity contribution is 7.99. The lowest BCUT2D eigenvalue weighted by molar-refractivity contribution is -0.139. The third kappa shape index (κ3) is 8.57. The number of benzene rings is 2. The van der Waals surface area contributed by atoms with Crippen LogP contribution < -0.4 is 5.32 Å². The molecule has 2 aromatic rings. The van der Waals surface area contributed by atoms with E-state index in [1.54, 1.807) is 36.1 Å². The summed E-state index contributed by atoms with van der Waals surface area (Å²) in [6, 6.07) is 12.1. The lowest BCUT2D eigenvalue weighted by atomic mass is 10.1. The predicted octanol–water partition coefficient (Wildman–Crippen LogP) is 6.21. The summed E-state index contributed by atoms with van der Waals surface area (Å²) in [6.45, 7) is 7.77. The summed E-state index contributed by atoms with van der Waals surface area (Å²) < 4.78 is 0. The van der Waals surface area contributed by atoms with Gasteiger partial charge in [0, 0.05) is 22.9 Å². The van der Waals surface area contributed by atoms with E-state index >= 15 is 0 Å². The first-order chi connectivity index (χ1) is 14.5. The Morgan fingerprint density at radius 2 is 1.74 bits per heavy atom. The minimum Gasteiger partial charge on any atom is -0.350 e. The summed E-state index contributed by atoms with van der Waals surface area (Å²) in [4.78, 5) is 27.5. The molecule has 0 radical (unpaired) electrons. The zero-order valence-electron chi connectivity index (χ0n) is 18.0. The number of halogens is 3. The van der Waals surface area contributed by atoms with E-state index in [4.69, 9.17) is 34.8 Å². The minimum absolute atomic E-state index is 0.124. The fourth-order valence-corrected chi connectivity index (χ4v) is 4.25. The highest BCUT2D eigenvalue weighted by Gasteiger charge is 2.28. The fraction of sp³-hybridized carbons (Fsp3) is 0.391. The zero-order chi connectivity index (χ0) is 23.2. The molecule has 8 heteroatoms. The maximum Gasteiger partial charge on any atom is 0.242 e. The molecule has 2 amide bonds. The second-order valence-electron chi connectivity index (χ2n) is 8.31. The summed E-state index contributed by atoms with van der Waals surface area (Å²) >= 11 is 19.6. The normalized spacial score (nSPS) is 12.4. The van der Waals surface area contributed by atoms with Gasteiger partial charge in [0.05, 0.1) is 15.8 Å². The van der Waals surface area contributed by atoms with E-state index in [0.717, 1.165) is 11.1 Å². The van der Waals surface area contributed by atoms with Crippen molar-refractivity contribution in [3.63, 3.8) is 0 Å². The Balaban J connectivity index is 2.10. The van der Waals surface area contributed by atoms with Crippen molar-refractivity contribution in [2.45, 2.75) is 51.6 Å². The molecular formula is C23H27Cl3N2O2S. The molecule has 0 saturated carbocycles. The molecule has 0 aliphatic carbocycles. The maximum atomic E-state index is 13.1. The van der Waals surface area contributed by atoms with Crippen LogP contribution in [0.4, 0.5) is 0 Å². The summed E-state index contributed by atoms with van der Waals surface area (Å²) in [7, 11) is 0. The van der Waals surface area contributed by atoms with Crippen LogP contribution in [0.5, 0.6) is 0 Å². The van der Waals surface area contributed by atoms with E-state index < -0.39 is 11.6 Å². The lowest BCUT2D eigenvalue weighted by Gasteiger charge is -2.31. The van der Waals surface area contributed by atoms with Crippen LogP contribution in [-0.2, 0) is 21.9 Å². The Kier molecular flexibility index (Phi) is 9.56. The topological polar surface area (TPSA) is 49.4 Å². The van der Waals surface area contributed by atoms with E-state index in [1.807, 2.05) is 39.0 Å². The van der Waals surface area contributed by atoms with E-state index in [-0.39, 0.29) is 17.6 Å². The Morgan fingerprint density at radius 3 is 2.35 bits per heavy atom. The lowest BCUT2D eigenvalue weighted by Crippen LogP contribution is -2.52. The Bertz CT molecular complexity index is 931. The second-order valence-corrected chi connectivity index (χ2v) is 10.5. The van der Waals surface area contributed by atoms with Gasteiger partial charge in [-0.05, 0) is 63.1 Å². The van der Waals surface area contributed by atoms with Crippen LogP contribution in [0.15, 0.2) is 42.5 Å². The molecule has 1 N–H and O–H groups in total. The molecule has 0 aliphatic rings. The minimum atomic E-state index is -0.628. The number of carbonyl (C=O) groups excluding carboxylic acids is 2. The average Bonchev–Trinajstić information content (AvgIpc) is 2.67. The molecule has 2 rings (SSSR count). The first kappa shape index (κ1) is 25.9. The van der Waals surface area contributed by atoms with Crippen molar-refractivity contribution in [2.75, 3.05) is 5.75 Å². The highest BCUT2D eigenvalue weighted by atomic mass is 35.5. The number of amides is 2. The third-order valence-corrected chi connectivity index (χ3v) is 6.35. The Hall–Kier alpha value is -1.40.